The number of carbonyl (C=O) groups excluding carboxylic acids is 2. The number of pyridine rings is 2. The van der Waals surface area contributed by atoms with E-state index in [4.69, 9.17) is 19.3 Å². The van der Waals surface area contributed by atoms with Gasteiger partial charge in [-0.1, -0.05) is 81.4 Å². The normalized spacial score (nSPS) is 10.9. The van der Waals surface area contributed by atoms with Gasteiger partial charge in [-0.3, -0.25) is 19.6 Å². The third kappa shape index (κ3) is 9.20. The molecule has 10 heteroatoms. The molecule has 0 amide bonds. The summed E-state index contributed by atoms with van der Waals surface area (Å²) in [7, 11) is 1.64. The van der Waals surface area contributed by atoms with E-state index in [1.807, 2.05) is 120 Å². The second kappa shape index (κ2) is 18.8. The van der Waals surface area contributed by atoms with Gasteiger partial charge in [0.05, 0.1) is 35.7 Å². The van der Waals surface area contributed by atoms with E-state index in [0.717, 1.165) is 50.2 Å². The van der Waals surface area contributed by atoms with Crippen LogP contribution in [-0.2, 0) is 4.74 Å². The van der Waals surface area contributed by atoms with E-state index in [9.17, 15) is 9.59 Å². The topological polar surface area (TPSA) is 132 Å². The Morgan fingerprint density at radius 2 is 1.19 bits per heavy atom. The number of aromatic nitrogens is 2. The van der Waals surface area contributed by atoms with Crippen LogP contribution in [0.3, 0.4) is 0 Å². The number of Topliss-reactive ketones (excluding diaryl/α,β-unsaturated/α-hetero) is 2. The van der Waals surface area contributed by atoms with Crippen LogP contribution in [0.1, 0.15) is 59.0 Å². The maximum atomic E-state index is 12.9. The smallest absolute Gasteiger partial charge is 0.169 e. The molecule has 0 bridgehead atoms. The van der Waals surface area contributed by atoms with E-state index in [0.29, 0.717) is 47.8 Å². The first-order valence-electron chi connectivity index (χ1n) is 18.1. The summed E-state index contributed by atoms with van der Waals surface area (Å²) in [5.41, 5.74) is 8.08. The molecule has 0 aliphatic heterocycles. The fourth-order valence-electron chi connectivity index (χ4n) is 5.88. The molecule has 2 heterocycles. The monoisotopic (exact) mass is 728 g/mol. The van der Waals surface area contributed by atoms with Gasteiger partial charge < -0.3 is 30.0 Å². The summed E-state index contributed by atoms with van der Waals surface area (Å²) in [4.78, 5) is 34.3. The zero-order valence-corrected chi connectivity index (χ0v) is 31.7. The lowest BCUT2D eigenvalue weighted by atomic mass is 9.98. The SMILES string of the molecule is CCC(=O)c1cnc2c(OCCO)cccc2c1Nc1ccccc1C.COCCOc1cccc2c(Nc3ccccc3C)c(C(=O)C(C)C)cnc12. The van der Waals surface area contributed by atoms with Crippen molar-refractivity contribution >= 4 is 56.1 Å². The van der Waals surface area contributed by atoms with Crippen molar-refractivity contribution in [3.05, 3.63) is 120 Å². The summed E-state index contributed by atoms with van der Waals surface area (Å²) in [5.74, 6) is 1.21. The Kier molecular flexibility index (Phi) is 13.7. The first kappa shape index (κ1) is 39.4. The van der Waals surface area contributed by atoms with Crippen LogP contribution in [0, 0.1) is 19.8 Å². The summed E-state index contributed by atoms with van der Waals surface area (Å²) < 4.78 is 16.5. The molecule has 6 aromatic rings. The van der Waals surface area contributed by atoms with Crippen LogP contribution in [0.15, 0.2) is 97.3 Å². The minimum Gasteiger partial charge on any atom is -0.489 e. The number of ether oxygens (including phenoxy) is 3. The number of fused-ring (bicyclic) bond motifs is 2. The summed E-state index contributed by atoms with van der Waals surface area (Å²) >= 11 is 0. The Hall–Kier alpha value is -5.84. The van der Waals surface area contributed by atoms with E-state index < -0.39 is 0 Å². The van der Waals surface area contributed by atoms with Crippen molar-refractivity contribution in [1.82, 2.24) is 9.97 Å². The third-order valence-corrected chi connectivity index (χ3v) is 8.84. The number of para-hydroxylation sites is 4. The fourth-order valence-corrected chi connectivity index (χ4v) is 5.88. The van der Waals surface area contributed by atoms with Crippen LogP contribution in [0.2, 0.25) is 0 Å². The van der Waals surface area contributed by atoms with Crippen molar-refractivity contribution in [3.63, 3.8) is 0 Å². The molecule has 0 radical (unpaired) electrons. The molecule has 280 valence electrons. The van der Waals surface area contributed by atoms with Crippen molar-refractivity contribution in [2.45, 2.75) is 41.0 Å². The van der Waals surface area contributed by atoms with Crippen molar-refractivity contribution in [3.8, 4) is 11.5 Å². The average molecular weight is 729 g/mol. The van der Waals surface area contributed by atoms with Crippen LogP contribution >= 0.6 is 0 Å². The summed E-state index contributed by atoms with van der Waals surface area (Å²) in [6.07, 6.45) is 3.64. The molecule has 0 aliphatic rings. The maximum Gasteiger partial charge on any atom is 0.169 e. The summed E-state index contributed by atoms with van der Waals surface area (Å²) in [5, 5.41) is 17.6. The van der Waals surface area contributed by atoms with E-state index in [2.05, 4.69) is 20.6 Å². The lowest BCUT2D eigenvalue weighted by Gasteiger charge is -2.18. The standard InChI is InChI=1S/C23H26N2O3.C21H22N2O3/c1-15(2)23(26)18-14-24-22-17(9-7-11-20(22)28-13-12-27-4)21(18)25-19-10-6-5-8-16(19)3;1-3-18(25)16-13-22-21-15(8-6-10-19(21)26-12-11-24)20(16)23-17-9-5-4-7-14(17)2/h5-11,14-15H,12-13H2,1-4H3,(H,24,25);4-10,13,24H,3,11-12H2,1-2H3,(H,22,23). The molecule has 0 saturated heterocycles. The van der Waals surface area contributed by atoms with E-state index in [1.54, 1.807) is 19.5 Å². The van der Waals surface area contributed by atoms with E-state index in [1.165, 1.54) is 0 Å². The number of benzene rings is 4. The molecule has 0 saturated carbocycles. The lowest BCUT2D eigenvalue weighted by Crippen LogP contribution is -2.12. The minimum atomic E-state index is -0.127. The highest BCUT2D eigenvalue weighted by molar-refractivity contribution is 6.11. The first-order chi connectivity index (χ1) is 26.2. The van der Waals surface area contributed by atoms with Gasteiger partial charge in [0.1, 0.15) is 35.7 Å². The van der Waals surface area contributed by atoms with Gasteiger partial charge in [0.25, 0.3) is 0 Å². The van der Waals surface area contributed by atoms with E-state index >= 15 is 0 Å². The Morgan fingerprint density at radius 1 is 0.685 bits per heavy atom. The van der Waals surface area contributed by atoms with Crippen molar-refractivity contribution in [2.24, 2.45) is 5.92 Å². The molecule has 0 fully saturated rings. The maximum absolute atomic E-state index is 12.9. The van der Waals surface area contributed by atoms with Crippen LogP contribution in [-0.4, -0.2) is 60.2 Å². The first-order valence-corrected chi connectivity index (χ1v) is 18.1. The minimum absolute atomic E-state index is 0.0252. The molecule has 0 aliphatic carbocycles. The van der Waals surface area contributed by atoms with Crippen LogP contribution in [0.4, 0.5) is 22.7 Å². The van der Waals surface area contributed by atoms with Gasteiger partial charge in [0, 0.05) is 54.0 Å². The summed E-state index contributed by atoms with van der Waals surface area (Å²) in [6, 6.07) is 27.3. The second-order valence-corrected chi connectivity index (χ2v) is 13.0. The van der Waals surface area contributed by atoms with Crippen LogP contribution in [0.5, 0.6) is 11.5 Å². The number of methoxy groups -OCH3 is 1. The highest BCUT2D eigenvalue weighted by atomic mass is 16.5. The highest BCUT2D eigenvalue weighted by Gasteiger charge is 2.21. The Morgan fingerprint density at radius 3 is 1.67 bits per heavy atom. The number of aliphatic hydroxyl groups is 1. The van der Waals surface area contributed by atoms with Gasteiger partial charge in [-0.2, -0.15) is 0 Å². The van der Waals surface area contributed by atoms with Gasteiger partial charge >= 0.3 is 0 Å². The number of carbonyl (C=O) groups is 2. The molecule has 10 nitrogen and oxygen atoms in total. The van der Waals surface area contributed by atoms with Crippen LogP contribution < -0.4 is 20.1 Å². The largest absolute Gasteiger partial charge is 0.489 e. The predicted octanol–water partition coefficient (Wildman–Crippen LogP) is 9.40. The Balaban J connectivity index is 0.000000208. The molecular formula is C44H48N4O6. The number of nitrogens with one attached hydrogen (secondary N) is 2. The molecular weight excluding hydrogens is 681 g/mol. The summed E-state index contributed by atoms with van der Waals surface area (Å²) in [6.45, 7) is 10.7. The molecule has 0 unspecified atom stereocenters. The predicted molar refractivity (Wildman–Crippen MR) is 216 cm³/mol. The van der Waals surface area contributed by atoms with Gasteiger partial charge in [-0.15, -0.1) is 0 Å². The average Bonchev–Trinajstić information content (AvgIpc) is 3.18. The molecule has 6 rings (SSSR count). The third-order valence-electron chi connectivity index (χ3n) is 8.84. The highest BCUT2D eigenvalue weighted by Crippen LogP contribution is 2.36. The van der Waals surface area contributed by atoms with Crippen molar-refractivity contribution in [2.75, 3.05) is 44.2 Å². The molecule has 4 aromatic carbocycles. The molecule has 3 N–H and O–H groups in total. The molecule has 2 aromatic heterocycles. The van der Waals surface area contributed by atoms with Gasteiger partial charge in [0.2, 0.25) is 0 Å². The molecule has 54 heavy (non-hydrogen) atoms. The number of anilines is 4. The zero-order chi connectivity index (χ0) is 38.6. The number of nitrogens with zero attached hydrogens (tertiary/aromatic N) is 2. The number of aryl methyl sites for hydroxylation is 2. The van der Waals surface area contributed by atoms with Crippen molar-refractivity contribution < 1.29 is 28.9 Å². The quantitative estimate of drug-likeness (QED) is 0.0694. The lowest BCUT2D eigenvalue weighted by molar-refractivity contribution is 0.0939. The van der Waals surface area contributed by atoms with Crippen LogP contribution in [0.25, 0.3) is 21.8 Å². The fraction of sp³-hybridized carbons (Fsp3) is 0.273. The number of ketones is 2. The Labute approximate surface area is 316 Å². The number of hydrogen-bond donors (Lipinski definition) is 3. The number of rotatable bonds is 15. The molecule has 0 atom stereocenters. The molecule has 0 spiro atoms. The van der Waals surface area contributed by atoms with Gasteiger partial charge in [-0.05, 0) is 49.2 Å². The number of aliphatic hydroxyl groups excluding tert-OH is 1. The van der Waals surface area contributed by atoms with Gasteiger partial charge in [0.15, 0.2) is 11.6 Å². The zero-order valence-electron chi connectivity index (χ0n) is 31.7. The second-order valence-electron chi connectivity index (χ2n) is 13.0. The van der Waals surface area contributed by atoms with Gasteiger partial charge in [-0.25, -0.2) is 0 Å². The van der Waals surface area contributed by atoms with Crippen molar-refractivity contribution in [1.29, 1.82) is 0 Å². The number of hydrogen-bond acceptors (Lipinski definition) is 10. The Bertz CT molecular complexity index is 2240. The van der Waals surface area contributed by atoms with E-state index in [-0.39, 0.29) is 30.7 Å².